The molecule has 0 aromatic heterocycles. The van der Waals surface area contributed by atoms with E-state index in [9.17, 15) is 13.2 Å². The second-order valence-electron chi connectivity index (χ2n) is 6.58. The quantitative estimate of drug-likeness (QED) is 0.540. The molecule has 31 heavy (non-hydrogen) atoms. The molecule has 0 spiro atoms. The molecule has 0 atom stereocenters. The van der Waals surface area contributed by atoms with Gasteiger partial charge in [-0.15, -0.1) is 0 Å². The maximum atomic E-state index is 13.9. The van der Waals surface area contributed by atoms with Crippen molar-refractivity contribution in [1.29, 1.82) is 0 Å². The Labute approximate surface area is 181 Å². The van der Waals surface area contributed by atoms with Crippen LogP contribution in [0, 0.1) is 0 Å². The molecule has 9 heteroatoms. The van der Waals surface area contributed by atoms with Crippen molar-refractivity contribution in [2.45, 2.75) is 11.8 Å². The fraction of sp³-hybridized carbons (Fsp3) is 0.136. The Morgan fingerprint density at radius 1 is 0.903 bits per heavy atom. The van der Waals surface area contributed by atoms with E-state index in [2.05, 4.69) is 5.32 Å². The van der Waals surface area contributed by atoms with E-state index in [1.807, 2.05) is 0 Å². The zero-order valence-corrected chi connectivity index (χ0v) is 18.1. The summed E-state index contributed by atoms with van der Waals surface area (Å²) in [4.78, 5) is 11.5. The molecule has 3 N–H and O–H groups in total. The first-order valence-corrected chi connectivity index (χ1v) is 10.7. The van der Waals surface area contributed by atoms with Gasteiger partial charge in [0.15, 0.2) is 0 Å². The first-order valence-electron chi connectivity index (χ1n) is 9.27. The molecule has 8 nitrogen and oxygen atoms in total. The molecule has 3 aromatic carbocycles. The first kappa shape index (κ1) is 22.0. The number of sulfonamides is 1. The Balaban J connectivity index is 2.26. The van der Waals surface area contributed by atoms with Crippen LogP contribution >= 0.6 is 0 Å². The lowest BCUT2D eigenvalue weighted by Gasteiger charge is -2.26. The Morgan fingerprint density at radius 3 is 2.03 bits per heavy atom. The molecule has 0 saturated heterocycles. The third kappa shape index (κ3) is 4.56. The molecular formula is C22H23N3O5S. The van der Waals surface area contributed by atoms with E-state index >= 15 is 0 Å². The van der Waals surface area contributed by atoms with Crippen molar-refractivity contribution in [3.63, 3.8) is 0 Å². The van der Waals surface area contributed by atoms with Gasteiger partial charge in [0.05, 0.1) is 31.3 Å². The van der Waals surface area contributed by atoms with E-state index < -0.39 is 10.0 Å². The summed E-state index contributed by atoms with van der Waals surface area (Å²) in [6.07, 6.45) is 0. The number of nitrogens with zero attached hydrogens (tertiary/aromatic N) is 1. The number of hydrogen-bond donors (Lipinski definition) is 2. The molecule has 3 aromatic rings. The van der Waals surface area contributed by atoms with Crippen molar-refractivity contribution < 1.29 is 22.7 Å². The topological polar surface area (TPSA) is 111 Å². The van der Waals surface area contributed by atoms with Crippen LogP contribution in [0.5, 0.6) is 11.5 Å². The lowest BCUT2D eigenvalue weighted by Crippen LogP contribution is -2.27. The minimum atomic E-state index is -4.19. The number of ether oxygens (including phenoxy) is 2. The zero-order valence-electron chi connectivity index (χ0n) is 17.3. The summed E-state index contributed by atoms with van der Waals surface area (Å²) >= 11 is 0. The van der Waals surface area contributed by atoms with Crippen LogP contribution in [0.25, 0.3) is 0 Å². The van der Waals surface area contributed by atoms with Gasteiger partial charge in [0.25, 0.3) is 10.0 Å². The second-order valence-corrected chi connectivity index (χ2v) is 8.34. The normalized spacial score (nSPS) is 10.9. The monoisotopic (exact) mass is 441 g/mol. The van der Waals surface area contributed by atoms with Crippen molar-refractivity contribution in [3.05, 3.63) is 66.7 Å². The van der Waals surface area contributed by atoms with Crippen molar-refractivity contribution in [3.8, 4) is 11.5 Å². The smallest absolute Gasteiger partial charge is 0.272 e. The third-order valence-electron chi connectivity index (χ3n) is 4.43. The molecule has 0 aliphatic carbocycles. The molecule has 0 fully saturated rings. The Morgan fingerprint density at radius 2 is 1.48 bits per heavy atom. The van der Waals surface area contributed by atoms with E-state index in [0.717, 1.165) is 0 Å². The average Bonchev–Trinajstić information content (AvgIpc) is 2.75. The number of anilines is 4. The van der Waals surface area contributed by atoms with Gasteiger partial charge in [0.2, 0.25) is 5.91 Å². The first-order chi connectivity index (χ1) is 14.8. The second kappa shape index (κ2) is 8.97. The number of amides is 1. The van der Waals surface area contributed by atoms with Gasteiger partial charge in [-0.1, -0.05) is 18.2 Å². The summed E-state index contributed by atoms with van der Waals surface area (Å²) in [6, 6.07) is 17.8. The largest absolute Gasteiger partial charge is 0.495 e. The summed E-state index contributed by atoms with van der Waals surface area (Å²) in [5.41, 5.74) is 7.31. The molecule has 162 valence electrons. The number of nitrogen functional groups attached to an aromatic ring is 1. The number of rotatable bonds is 7. The van der Waals surface area contributed by atoms with Crippen LogP contribution in [0.15, 0.2) is 71.6 Å². The maximum Gasteiger partial charge on any atom is 0.272 e. The molecule has 0 aliphatic heterocycles. The predicted molar refractivity (Wildman–Crippen MR) is 120 cm³/mol. The van der Waals surface area contributed by atoms with Crippen LogP contribution in [0.2, 0.25) is 0 Å². The van der Waals surface area contributed by atoms with Gasteiger partial charge >= 0.3 is 0 Å². The molecule has 0 saturated carbocycles. The minimum absolute atomic E-state index is 0.0716. The van der Waals surface area contributed by atoms with Crippen molar-refractivity contribution in [1.82, 2.24) is 0 Å². The molecule has 0 aliphatic rings. The van der Waals surface area contributed by atoms with E-state index in [4.69, 9.17) is 15.2 Å². The Kier molecular flexibility index (Phi) is 6.36. The fourth-order valence-electron chi connectivity index (χ4n) is 3.06. The lowest BCUT2D eigenvalue weighted by molar-refractivity contribution is -0.114. The van der Waals surface area contributed by atoms with E-state index in [-0.39, 0.29) is 28.0 Å². The van der Waals surface area contributed by atoms with Gasteiger partial charge in [0.1, 0.15) is 16.4 Å². The summed E-state index contributed by atoms with van der Waals surface area (Å²) < 4.78 is 39.6. The molecule has 0 bridgehead atoms. The molecule has 0 unspecified atom stereocenters. The SMILES string of the molecule is COc1cc(OC)c(S(=O)(=O)N(c2ccccc2)c2ccc(N)cc2)cc1NC(C)=O. The zero-order chi connectivity index (χ0) is 22.6. The predicted octanol–water partition coefficient (Wildman–Crippen LogP) is 3.77. The van der Waals surface area contributed by atoms with Crippen LogP contribution in [0.4, 0.5) is 22.7 Å². The number of carbonyl (C=O) groups excluding carboxylic acids is 1. The van der Waals surface area contributed by atoms with Gasteiger partial charge in [-0.25, -0.2) is 12.7 Å². The highest BCUT2D eigenvalue weighted by molar-refractivity contribution is 7.93. The summed E-state index contributed by atoms with van der Waals surface area (Å²) in [5.74, 6) is -0.0302. The molecule has 0 radical (unpaired) electrons. The van der Waals surface area contributed by atoms with Crippen LogP contribution in [0.3, 0.4) is 0 Å². The Hall–Kier alpha value is -3.72. The van der Waals surface area contributed by atoms with Crippen molar-refractivity contribution in [2.24, 2.45) is 0 Å². The van der Waals surface area contributed by atoms with Crippen molar-refractivity contribution in [2.75, 3.05) is 29.6 Å². The highest BCUT2D eigenvalue weighted by atomic mass is 32.2. The highest BCUT2D eigenvalue weighted by Gasteiger charge is 2.31. The van der Waals surface area contributed by atoms with Gasteiger partial charge < -0.3 is 20.5 Å². The molecule has 0 heterocycles. The average molecular weight is 442 g/mol. The van der Waals surface area contributed by atoms with Crippen molar-refractivity contribution >= 4 is 38.7 Å². The number of carbonyl (C=O) groups is 1. The molecular weight excluding hydrogens is 418 g/mol. The van der Waals surface area contributed by atoms with Gasteiger partial charge in [-0.05, 0) is 42.5 Å². The Bertz CT molecular complexity index is 1180. The van der Waals surface area contributed by atoms with E-state index in [0.29, 0.717) is 17.1 Å². The van der Waals surface area contributed by atoms with Gasteiger partial charge in [-0.2, -0.15) is 0 Å². The van der Waals surface area contributed by atoms with Crippen LogP contribution in [-0.4, -0.2) is 28.5 Å². The number of hydrogen-bond acceptors (Lipinski definition) is 6. The third-order valence-corrected chi connectivity index (χ3v) is 6.21. The number of nitrogens with one attached hydrogen (secondary N) is 1. The number of para-hydroxylation sites is 1. The van der Waals surface area contributed by atoms with Crippen LogP contribution < -0.4 is 24.8 Å². The fourth-order valence-corrected chi connectivity index (χ4v) is 4.72. The van der Waals surface area contributed by atoms with Gasteiger partial charge in [0, 0.05) is 18.7 Å². The number of benzene rings is 3. The lowest BCUT2D eigenvalue weighted by atomic mass is 10.2. The number of methoxy groups -OCH3 is 2. The summed E-state index contributed by atoms with van der Waals surface area (Å²) in [7, 11) is -1.41. The van der Waals surface area contributed by atoms with Gasteiger partial charge in [-0.3, -0.25) is 4.79 Å². The maximum absolute atomic E-state index is 13.9. The summed E-state index contributed by atoms with van der Waals surface area (Å²) in [5, 5.41) is 2.60. The van der Waals surface area contributed by atoms with Crippen LogP contribution in [-0.2, 0) is 14.8 Å². The molecule has 1 amide bonds. The minimum Gasteiger partial charge on any atom is -0.495 e. The summed E-state index contributed by atoms with van der Waals surface area (Å²) in [6.45, 7) is 1.32. The van der Waals surface area contributed by atoms with E-state index in [1.54, 1.807) is 54.6 Å². The van der Waals surface area contributed by atoms with Crippen LogP contribution in [0.1, 0.15) is 6.92 Å². The number of nitrogens with two attached hydrogens (primary N) is 1. The highest BCUT2D eigenvalue weighted by Crippen LogP contribution is 2.40. The molecule has 3 rings (SSSR count). The van der Waals surface area contributed by atoms with E-state index in [1.165, 1.54) is 37.6 Å². The standard InChI is InChI=1S/C22H23N3O5S/c1-15(26)24-19-13-22(21(30-3)14-20(19)29-2)31(27,28)25(17-7-5-4-6-8-17)18-11-9-16(23)10-12-18/h4-14H,23H2,1-3H3,(H,24,26).